The van der Waals surface area contributed by atoms with Gasteiger partial charge >= 0.3 is 0 Å². The summed E-state index contributed by atoms with van der Waals surface area (Å²) in [6.45, 7) is 7.43. The Morgan fingerprint density at radius 3 is 2.16 bits per heavy atom. The van der Waals surface area contributed by atoms with Crippen LogP contribution in [0, 0.1) is 17.6 Å². The number of hydrogen-bond donors (Lipinski definition) is 2. The molecule has 0 saturated carbocycles. The first kappa shape index (κ1) is 18.2. The van der Waals surface area contributed by atoms with Gasteiger partial charge in [-0.15, -0.1) is 0 Å². The van der Waals surface area contributed by atoms with E-state index in [4.69, 9.17) is 0 Å². The highest BCUT2D eigenvalue weighted by molar-refractivity contribution is 5.76. The lowest BCUT2D eigenvalue weighted by Gasteiger charge is -2.35. The highest BCUT2D eigenvalue weighted by Crippen LogP contribution is 2.20. The summed E-state index contributed by atoms with van der Waals surface area (Å²) in [7, 11) is 0. The fourth-order valence-corrected chi connectivity index (χ4v) is 3.71. The molecule has 2 heterocycles. The van der Waals surface area contributed by atoms with Gasteiger partial charge in [0.05, 0.1) is 0 Å². The molecule has 2 fully saturated rings. The minimum absolute atomic E-state index is 0.186. The summed E-state index contributed by atoms with van der Waals surface area (Å²) in [5.41, 5.74) is 6.99. The second-order valence-electron chi connectivity index (χ2n) is 7.17. The first-order valence-corrected chi connectivity index (χ1v) is 8.88. The standard InChI is InChI=1S/C18H26F2N4O/c1-12-17(13(2)22-21-12)10-18(25)24-5-3-23(4-6-24)11-14-7-15(19)9-16(20)8-14/h7-9,12-13,17,21-22H,3-6,10-11H2,1-2H3. The van der Waals surface area contributed by atoms with E-state index >= 15 is 0 Å². The fourth-order valence-electron chi connectivity index (χ4n) is 3.71. The van der Waals surface area contributed by atoms with Gasteiger partial charge < -0.3 is 4.90 Å². The van der Waals surface area contributed by atoms with Crippen LogP contribution in [0.15, 0.2) is 18.2 Å². The first-order chi connectivity index (χ1) is 11.9. The van der Waals surface area contributed by atoms with E-state index in [2.05, 4.69) is 29.6 Å². The summed E-state index contributed by atoms with van der Waals surface area (Å²) < 4.78 is 26.6. The predicted octanol–water partition coefficient (Wildman–Crippen LogP) is 1.50. The van der Waals surface area contributed by atoms with Crippen molar-refractivity contribution in [3.05, 3.63) is 35.4 Å². The molecule has 138 valence electrons. The maximum Gasteiger partial charge on any atom is 0.223 e. The number of rotatable bonds is 4. The normalized spacial score (nSPS) is 27.7. The summed E-state index contributed by atoms with van der Waals surface area (Å²) in [6, 6.07) is 4.17. The van der Waals surface area contributed by atoms with Crippen LogP contribution < -0.4 is 10.9 Å². The zero-order valence-corrected chi connectivity index (χ0v) is 14.8. The average Bonchev–Trinajstić information content (AvgIpc) is 2.86. The molecule has 1 amide bonds. The molecule has 2 saturated heterocycles. The topological polar surface area (TPSA) is 47.6 Å². The molecule has 2 aliphatic heterocycles. The van der Waals surface area contributed by atoms with Crippen molar-refractivity contribution in [3.8, 4) is 0 Å². The molecule has 1 aromatic rings. The van der Waals surface area contributed by atoms with E-state index in [0.29, 0.717) is 37.5 Å². The molecule has 7 heteroatoms. The monoisotopic (exact) mass is 352 g/mol. The van der Waals surface area contributed by atoms with Crippen molar-refractivity contribution in [2.75, 3.05) is 26.2 Å². The Hall–Kier alpha value is -1.57. The lowest BCUT2D eigenvalue weighted by atomic mass is 9.92. The van der Waals surface area contributed by atoms with E-state index < -0.39 is 11.6 Å². The van der Waals surface area contributed by atoms with Crippen LogP contribution in [0.25, 0.3) is 0 Å². The van der Waals surface area contributed by atoms with Crippen LogP contribution in [0.2, 0.25) is 0 Å². The minimum atomic E-state index is -0.550. The highest BCUT2D eigenvalue weighted by Gasteiger charge is 2.33. The number of carbonyl (C=O) groups is 1. The van der Waals surface area contributed by atoms with Crippen LogP contribution in [0.1, 0.15) is 25.8 Å². The van der Waals surface area contributed by atoms with Crippen LogP contribution in [-0.4, -0.2) is 54.0 Å². The summed E-state index contributed by atoms with van der Waals surface area (Å²) in [5, 5.41) is 0. The molecule has 1 aromatic carbocycles. The van der Waals surface area contributed by atoms with Crippen molar-refractivity contribution in [2.45, 2.75) is 38.9 Å². The molecule has 2 aliphatic rings. The quantitative estimate of drug-likeness (QED) is 0.862. The molecular formula is C18H26F2N4O. The second kappa shape index (κ2) is 7.76. The van der Waals surface area contributed by atoms with Crippen LogP contribution in [0.4, 0.5) is 8.78 Å². The van der Waals surface area contributed by atoms with Crippen LogP contribution in [0.3, 0.4) is 0 Å². The second-order valence-corrected chi connectivity index (χ2v) is 7.17. The summed E-state index contributed by atoms with van der Waals surface area (Å²) in [5.74, 6) is -0.622. The largest absolute Gasteiger partial charge is 0.340 e. The van der Waals surface area contributed by atoms with Gasteiger partial charge in [0.1, 0.15) is 11.6 Å². The van der Waals surface area contributed by atoms with Crippen molar-refractivity contribution < 1.29 is 13.6 Å². The molecule has 0 bridgehead atoms. The number of piperazine rings is 1. The molecule has 25 heavy (non-hydrogen) atoms. The number of amides is 1. The Morgan fingerprint density at radius 1 is 1.04 bits per heavy atom. The molecule has 0 radical (unpaired) electrons. The minimum Gasteiger partial charge on any atom is -0.340 e. The van der Waals surface area contributed by atoms with E-state index in [-0.39, 0.29) is 18.0 Å². The zero-order valence-electron chi connectivity index (χ0n) is 14.8. The smallest absolute Gasteiger partial charge is 0.223 e. The van der Waals surface area contributed by atoms with Gasteiger partial charge in [-0.25, -0.2) is 8.78 Å². The maximum atomic E-state index is 13.3. The van der Waals surface area contributed by atoms with E-state index in [1.165, 1.54) is 12.1 Å². The Kier molecular flexibility index (Phi) is 5.66. The van der Waals surface area contributed by atoms with E-state index in [1.807, 2.05) is 4.90 Å². The van der Waals surface area contributed by atoms with E-state index in [1.54, 1.807) is 0 Å². The molecule has 2 N–H and O–H groups in total. The predicted molar refractivity (Wildman–Crippen MR) is 91.5 cm³/mol. The van der Waals surface area contributed by atoms with Gasteiger partial charge in [0, 0.05) is 63.2 Å². The van der Waals surface area contributed by atoms with Gasteiger partial charge in [0.2, 0.25) is 5.91 Å². The maximum absolute atomic E-state index is 13.3. The van der Waals surface area contributed by atoms with Crippen LogP contribution in [-0.2, 0) is 11.3 Å². The van der Waals surface area contributed by atoms with E-state index in [9.17, 15) is 13.6 Å². The first-order valence-electron chi connectivity index (χ1n) is 8.88. The Bertz CT molecular complexity index is 589. The molecule has 5 nitrogen and oxygen atoms in total. The average molecular weight is 352 g/mol. The Labute approximate surface area is 147 Å². The van der Waals surface area contributed by atoms with E-state index in [0.717, 1.165) is 19.2 Å². The number of nitrogens with one attached hydrogen (secondary N) is 2. The van der Waals surface area contributed by atoms with Crippen molar-refractivity contribution in [1.82, 2.24) is 20.7 Å². The lowest BCUT2D eigenvalue weighted by molar-refractivity contribution is -0.134. The van der Waals surface area contributed by atoms with Gasteiger partial charge in [-0.05, 0) is 31.5 Å². The van der Waals surface area contributed by atoms with Gasteiger partial charge in [0.25, 0.3) is 0 Å². The summed E-state index contributed by atoms with van der Waals surface area (Å²) in [6.07, 6.45) is 0.539. The zero-order chi connectivity index (χ0) is 18.0. The van der Waals surface area contributed by atoms with Crippen molar-refractivity contribution in [1.29, 1.82) is 0 Å². The molecule has 3 rings (SSSR count). The number of halogens is 2. The Morgan fingerprint density at radius 2 is 1.60 bits per heavy atom. The van der Waals surface area contributed by atoms with Crippen molar-refractivity contribution in [3.63, 3.8) is 0 Å². The van der Waals surface area contributed by atoms with Gasteiger partial charge in [-0.2, -0.15) is 0 Å². The van der Waals surface area contributed by atoms with Crippen molar-refractivity contribution >= 4 is 5.91 Å². The molecule has 0 aromatic heterocycles. The Balaban J connectivity index is 1.49. The number of carbonyl (C=O) groups excluding carboxylic acids is 1. The molecular weight excluding hydrogens is 326 g/mol. The third kappa shape index (κ3) is 4.54. The molecule has 0 spiro atoms. The molecule has 0 aliphatic carbocycles. The van der Waals surface area contributed by atoms with Gasteiger partial charge in [-0.3, -0.25) is 20.5 Å². The lowest BCUT2D eigenvalue weighted by Crippen LogP contribution is -2.49. The third-order valence-electron chi connectivity index (χ3n) is 5.29. The van der Waals surface area contributed by atoms with Crippen LogP contribution >= 0.6 is 0 Å². The van der Waals surface area contributed by atoms with Crippen LogP contribution in [0.5, 0.6) is 0 Å². The number of hydrogen-bond acceptors (Lipinski definition) is 4. The number of nitrogens with zero attached hydrogens (tertiary/aromatic N) is 2. The number of benzene rings is 1. The highest BCUT2D eigenvalue weighted by atomic mass is 19.1. The summed E-state index contributed by atoms with van der Waals surface area (Å²) >= 11 is 0. The number of hydrazine groups is 1. The summed E-state index contributed by atoms with van der Waals surface area (Å²) in [4.78, 5) is 16.6. The van der Waals surface area contributed by atoms with Gasteiger partial charge in [-0.1, -0.05) is 0 Å². The third-order valence-corrected chi connectivity index (χ3v) is 5.29. The fraction of sp³-hybridized carbons (Fsp3) is 0.611. The SMILES string of the molecule is CC1NNC(C)C1CC(=O)N1CCN(Cc2cc(F)cc(F)c2)CC1. The van der Waals surface area contributed by atoms with Crippen molar-refractivity contribution in [2.24, 2.45) is 5.92 Å². The molecule has 2 unspecified atom stereocenters. The molecule has 2 atom stereocenters. The van der Waals surface area contributed by atoms with Gasteiger partial charge in [0.15, 0.2) is 0 Å².